The zero-order chi connectivity index (χ0) is 19.6. The molecule has 1 saturated carbocycles. The van der Waals surface area contributed by atoms with E-state index in [9.17, 15) is 20.1 Å². The first-order valence-corrected chi connectivity index (χ1v) is 11.2. The molecule has 0 aromatic rings. The number of aliphatic carboxylic acids is 1. The Hall–Kier alpha value is -0.300. The van der Waals surface area contributed by atoms with Crippen molar-refractivity contribution in [3.05, 3.63) is 0 Å². The van der Waals surface area contributed by atoms with Crippen LogP contribution in [0.4, 0.5) is 0 Å². The molecule has 6 heteroatoms. The fourth-order valence-electron chi connectivity index (χ4n) is 3.77. The number of rotatable bonds is 14. The van der Waals surface area contributed by atoms with Crippen molar-refractivity contribution in [3.63, 3.8) is 0 Å². The summed E-state index contributed by atoms with van der Waals surface area (Å²) in [5, 5.41) is 39.8. The Morgan fingerprint density at radius 2 is 1.77 bits per heavy atom. The molecular formula is C20H38O5S. The van der Waals surface area contributed by atoms with Crippen LogP contribution in [0.1, 0.15) is 84.5 Å². The van der Waals surface area contributed by atoms with Gasteiger partial charge < -0.3 is 20.4 Å². The Bertz CT molecular complexity index is 402. The standard InChI is InChI=1S/C20H38O5S/c1-3-4-9-12-20(2,25)14-26-19-15(16(21)13-17(19)22)10-7-5-6-8-11-18(23)24/h15-17,19,21-22,25H,3-14H2,1-2H3,(H,23,24). The van der Waals surface area contributed by atoms with Crippen LogP contribution in [-0.2, 0) is 4.79 Å². The molecule has 0 amide bonds. The molecule has 0 aromatic carbocycles. The topological polar surface area (TPSA) is 98.0 Å². The minimum absolute atomic E-state index is 0.0262. The lowest BCUT2D eigenvalue weighted by Crippen LogP contribution is -2.32. The highest BCUT2D eigenvalue weighted by molar-refractivity contribution is 8.00. The van der Waals surface area contributed by atoms with E-state index in [4.69, 9.17) is 5.11 Å². The first-order valence-electron chi connectivity index (χ1n) is 10.2. The average molecular weight is 391 g/mol. The first kappa shape index (κ1) is 23.7. The summed E-state index contributed by atoms with van der Waals surface area (Å²) in [4.78, 5) is 10.5. The maximum absolute atomic E-state index is 10.5. The van der Waals surface area contributed by atoms with Gasteiger partial charge in [0.1, 0.15) is 0 Å². The predicted molar refractivity (Wildman–Crippen MR) is 106 cm³/mol. The fraction of sp³-hybridized carbons (Fsp3) is 0.950. The third kappa shape index (κ3) is 9.07. The summed E-state index contributed by atoms with van der Waals surface area (Å²) >= 11 is 1.60. The van der Waals surface area contributed by atoms with Crippen LogP contribution in [0, 0.1) is 5.92 Å². The summed E-state index contributed by atoms with van der Waals surface area (Å²) in [6.45, 7) is 4.01. The number of hydrogen-bond acceptors (Lipinski definition) is 5. The predicted octanol–water partition coefficient (Wildman–Crippen LogP) is 3.59. The lowest BCUT2D eigenvalue weighted by atomic mass is 9.97. The molecule has 0 radical (unpaired) electrons. The summed E-state index contributed by atoms with van der Waals surface area (Å²) < 4.78 is 0. The van der Waals surface area contributed by atoms with Gasteiger partial charge in [0.05, 0.1) is 17.8 Å². The van der Waals surface area contributed by atoms with Crippen LogP contribution >= 0.6 is 11.8 Å². The Labute approximate surface area is 162 Å². The lowest BCUT2D eigenvalue weighted by molar-refractivity contribution is -0.137. The van der Waals surface area contributed by atoms with Crippen molar-refractivity contribution >= 4 is 17.7 Å². The number of aliphatic hydroxyl groups is 3. The molecule has 0 spiro atoms. The second-order valence-electron chi connectivity index (χ2n) is 8.11. The molecule has 5 unspecified atom stereocenters. The zero-order valence-corrected chi connectivity index (χ0v) is 17.2. The fourth-order valence-corrected chi connectivity index (χ4v) is 5.36. The van der Waals surface area contributed by atoms with E-state index in [2.05, 4.69) is 6.92 Å². The van der Waals surface area contributed by atoms with E-state index < -0.39 is 23.8 Å². The number of carbonyl (C=O) groups is 1. The number of aliphatic hydroxyl groups excluding tert-OH is 2. The molecule has 5 atom stereocenters. The van der Waals surface area contributed by atoms with Crippen molar-refractivity contribution in [2.75, 3.05) is 5.75 Å². The molecule has 5 nitrogen and oxygen atoms in total. The number of unbranched alkanes of at least 4 members (excludes halogenated alkanes) is 5. The molecule has 26 heavy (non-hydrogen) atoms. The first-order chi connectivity index (χ1) is 12.3. The summed E-state index contributed by atoms with van der Waals surface area (Å²) in [5.74, 6) is -0.108. The molecule has 154 valence electrons. The minimum atomic E-state index is -0.748. The van der Waals surface area contributed by atoms with Crippen LogP contribution < -0.4 is 0 Å². The zero-order valence-electron chi connectivity index (χ0n) is 16.4. The number of thioether (sulfide) groups is 1. The monoisotopic (exact) mass is 390 g/mol. The quantitative estimate of drug-likeness (QED) is 0.338. The molecule has 0 saturated heterocycles. The van der Waals surface area contributed by atoms with E-state index >= 15 is 0 Å². The highest BCUT2D eigenvalue weighted by atomic mass is 32.2. The summed E-state index contributed by atoms with van der Waals surface area (Å²) in [5.41, 5.74) is -0.728. The smallest absolute Gasteiger partial charge is 0.303 e. The Kier molecular flexibility index (Phi) is 11.2. The van der Waals surface area contributed by atoms with Crippen LogP contribution in [0.2, 0.25) is 0 Å². The van der Waals surface area contributed by atoms with Crippen molar-refractivity contribution in [1.82, 2.24) is 0 Å². The van der Waals surface area contributed by atoms with Gasteiger partial charge in [0.2, 0.25) is 0 Å². The van der Waals surface area contributed by atoms with Gasteiger partial charge in [0.25, 0.3) is 0 Å². The molecule has 1 aliphatic rings. The molecule has 1 rings (SSSR count). The highest BCUT2D eigenvalue weighted by Crippen LogP contribution is 2.40. The minimum Gasteiger partial charge on any atom is -0.481 e. The lowest BCUT2D eigenvalue weighted by Gasteiger charge is -2.28. The van der Waals surface area contributed by atoms with Crippen LogP contribution in [0.25, 0.3) is 0 Å². The molecule has 1 aliphatic carbocycles. The third-order valence-corrected chi connectivity index (χ3v) is 7.20. The largest absolute Gasteiger partial charge is 0.481 e. The molecular weight excluding hydrogens is 352 g/mol. The Morgan fingerprint density at radius 1 is 1.08 bits per heavy atom. The molecule has 0 aliphatic heterocycles. The Balaban J connectivity index is 2.37. The summed E-state index contributed by atoms with van der Waals surface area (Å²) in [7, 11) is 0. The van der Waals surface area contributed by atoms with Crippen LogP contribution in [0.15, 0.2) is 0 Å². The van der Waals surface area contributed by atoms with E-state index in [0.29, 0.717) is 18.6 Å². The normalized spacial score (nSPS) is 28.2. The Morgan fingerprint density at radius 3 is 2.42 bits per heavy atom. The van der Waals surface area contributed by atoms with Crippen molar-refractivity contribution in [2.24, 2.45) is 5.92 Å². The van der Waals surface area contributed by atoms with Gasteiger partial charge in [-0.1, -0.05) is 45.4 Å². The van der Waals surface area contributed by atoms with Crippen LogP contribution in [0.5, 0.6) is 0 Å². The highest BCUT2D eigenvalue weighted by Gasteiger charge is 2.42. The van der Waals surface area contributed by atoms with E-state index in [0.717, 1.165) is 51.4 Å². The number of hydrogen-bond donors (Lipinski definition) is 4. The van der Waals surface area contributed by atoms with Gasteiger partial charge in [-0.05, 0) is 32.1 Å². The summed E-state index contributed by atoms with van der Waals surface area (Å²) in [6, 6.07) is 0. The SMILES string of the molecule is CCCCCC(C)(O)CSC1C(O)CC(O)C1CCCCCCC(=O)O. The van der Waals surface area contributed by atoms with Gasteiger partial charge >= 0.3 is 5.97 Å². The van der Waals surface area contributed by atoms with Crippen molar-refractivity contribution in [1.29, 1.82) is 0 Å². The van der Waals surface area contributed by atoms with Crippen molar-refractivity contribution in [3.8, 4) is 0 Å². The van der Waals surface area contributed by atoms with Gasteiger partial charge in [-0.25, -0.2) is 0 Å². The maximum atomic E-state index is 10.5. The van der Waals surface area contributed by atoms with Crippen LogP contribution in [-0.4, -0.2) is 55.2 Å². The van der Waals surface area contributed by atoms with Gasteiger partial charge in [0, 0.05) is 23.8 Å². The number of carboxylic acids is 1. The molecule has 0 aromatic heterocycles. The van der Waals surface area contributed by atoms with Crippen molar-refractivity contribution in [2.45, 2.75) is 108 Å². The van der Waals surface area contributed by atoms with Gasteiger partial charge in [0.15, 0.2) is 0 Å². The van der Waals surface area contributed by atoms with Crippen LogP contribution in [0.3, 0.4) is 0 Å². The second-order valence-corrected chi connectivity index (χ2v) is 9.28. The molecule has 4 N–H and O–H groups in total. The van der Waals surface area contributed by atoms with Gasteiger partial charge in [-0.2, -0.15) is 11.8 Å². The molecule has 0 bridgehead atoms. The molecule has 1 fully saturated rings. The van der Waals surface area contributed by atoms with Gasteiger partial charge in [-0.3, -0.25) is 4.79 Å². The van der Waals surface area contributed by atoms with E-state index in [1.165, 1.54) is 0 Å². The second kappa shape index (κ2) is 12.2. The summed E-state index contributed by atoms with van der Waals surface area (Å²) in [6.07, 6.45) is 8.01. The average Bonchev–Trinajstić information content (AvgIpc) is 2.82. The third-order valence-electron chi connectivity index (χ3n) is 5.36. The van der Waals surface area contributed by atoms with E-state index in [1.807, 2.05) is 6.92 Å². The van der Waals surface area contributed by atoms with E-state index in [1.54, 1.807) is 11.8 Å². The van der Waals surface area contributed by atoms with E-state index in [-0.39, 0.29) is 17.6 Å². The number of carboxylic acid groups (broad SMARTS) is 1. The molecule has 0 heterocycles. The maximum Gasteiger partial charge on any atom is 0.303 e. The van der Waals surface area contributed by atoms with Crippen molar-refractivity contribution < 1.29 is 25.2 Å². The van der Waals surface area contributed by atoms with Gasteiger partial charge in [-0.15, -0.1) is 0 Å².